The lowest BCUT2D eigenvalue weighted by atomic mass is 9.89. The first-order valence-electron chi connectivity index (χ1n) is 8.39. The first-order valence-corrected chi connectivity index (χ1v) is 8.77. The number of hydrogen-bond donors (Lipinski definition) is 0. The van der Waals surface area contributed by atoms with Crippen LogP contribution in [0.1, 0.15) is 63.4 Å². The van der Waals surface area contributed by atoms with Crippen LogP contribution in [0.4, 0.5) is 0 Å². The van der Waals surface area contributed by atoms with E-state index in [9.17, 15) is 0 Å². The molecule has 0 saturated heterocycles. The minimum Gasteiger partial charge on any atom is -0.482 e. The van der Waals surface area contributed by atoms with E-state index in [0.717, 1.165) is 22.3 Å². The van der Waals surface area contributed by atoms with Gasteiger partial charge in [-0.2, -0.15) is 0 Å². The predicted molar refractivity (Wildman–Crippen MR) is 91.0 cm³/mol. The topological polar surface area (TPSA) is 26.5 Å². The van der Waals surface area contributed by atoms with Gasteiger partial charge in [0.15, 0.2) is 0 Å². The van der Waals surface area contributed by atoms with E-state index in [2.05, 4.69) is 11.9 Å². The molecule has 0 aliphatic heterocycles. The maximum Gasteiger partial charge on any atom is 0.200 e. The normalized spacial score (nSPS) is 23.8. The van der Waals surface area contributed by atoms with Crippen LogP contribution in [0, 0.1) is 5.92 Å². The van der Waals surface area contributed by atoms with Crippen molar-refractivity contribution in [3.05, 3.63) is 29.2 Å². The van der Waals surface area contributed by atoms with Gasteiger partial charge in [-0.1, -0.05) is 50.6 Å². The number of imidazole rings is 1. The van der Waals surface area contributed by atoms with Crippen molar-refractivity contribution in [2.45, 2.75) is 57.8 Å². The molecular formula is C18H25ClN2O. The van der Waals surface area contributed by atoms with Crippen LogP contribution in [0.25, 0.3) is 5.52 Å². The summed E-state index contributed by atoms with van der Waals surface area (Å²) < 4.78 is 7.44. The van der Waals surface area contributed by atoms with Gasteiger partial charge >= 0.3 is 0 Å². The van der Waals surface area contributed by atoms with Gasteiger partial charge in [0.1, 0.15) is 6.33 Å². The molecule has 2 atom stereocenters. The highest BCUT2D eigenvalue weighted by Crippen LogP contribution is 2.39. The smallest absolute Gasteiger partial charge is 0.200 e. The highest BCUT2D eigenvalue weighted by molar-refractivity contribution is 6.32. The summed E-state index contributed by atoms with van der Waals surface area (Å²) in [5.41, 5.74) is 2.36. The average molecular weight is 321 g/mol. The Bertz CT molecular complexity index is 637. The second-order valence-electron chi connectivity index (χ2n) is 6.61. The zero-order chi connectivity index (χ0) is 15.5. The molecule has 3 rings (SSSR count). The SMILES string of the molecule is COc1cc(Cl)c(C2CCCCC(C)CCC2)c2cncn12. The molecule has 0 aromatic carbocycles. The second kappa shape index (κ2) is 6.91. The van der Waals surface area contributed by atoms with Gasteiger partial charge in [-0.3, -0.25) is 4.40 Å². The Kier molecular flexibility index (Phi) is 4.92. The summed E-state index contributed by atoms with van der Waals surface area (Å²) >= 11 is 6.62. The van der Waals surface area contributed by atoms with Crippen LogP contribution < -0.4 is 4.74 Å². The first-order chi connectivity index (χ1) is 10.7. The molecule has 1 fully saturated rings. The number of halogens is 1. The standard InChI is InChI=1S/C18H25ClN2O/c1-13-6-3-4-8-14(9-5-7-13)18-15(19)10-17(22-2)21-12-20-11-16(18)21/h10-14H,3-9H2,1-2H3. The van der Waals surface area contributed by atoms with Crippen LogP contribution in [0.3, 0.4) is 0 Å². The lowest BCUT2D eigenvalue weighted by molar-refractivity contribution is 0.391. The van der Waals surface area contributed by atoms with Gasteiger partial charge in [-0.05, 0) is 30.2 Å². The number of rotatable bonds is 2. The van der Waals surface area contributed by atoms with Crippen molar-refractivity contribution in [2.24, 2.45) is 5.92 Å². The molecule has 2 aromatic heterocycles. The fourth-order valence-corrected chi connectivity index (χ4v) is 4.13. The molecule has 0 spiro atoms. The molecule has 0 bridgehead atoms. The molecule has 0 amide bonds. The summed E-state index contributed by atoms with van der Waals surface area (Å²) in [4.78, 5) is 4.30. The number of fused-ring (bicyclic) bond motifs is 1. The fraction of sp³-hybridized carbons (Fsp3) is 0.611. The van der Waals surface area contributed by atoms with Gasteiger partial charge in [0.25, 0.3) is 0 Å². The van der Waals surface area contributed by atoms with E-state index in [1.54, 1.807) is 7.11 Å². The Labute approximate surface area is 137 Å². The summed E-state index contributed by atoms with van der Waals surface area (Å²) in [7, 11) is 1.67. The van der Waals surface area contributed by atoms with Crippen molar-refractivity contribution in [1.29, 1.82) is 0 Å². The third-order valence-electron chi connectivity index (χ3n) is 5.03. The van der Waals surface area contributed by atoms with Crippen molar-refractivity contribution >= 4 is 17.1 Å². The maximum atomic E-state index is 6.62. The van der Waals surface area contributed by atoms with E-state index < -0.39 is 0 Å². The van der Waals surface area contributed by atoms with Gasteiger partial charge in [0.2, 0.25) is 5.88 Å². The Morgan fingerprint density at radius 2 is 1.91 bits per heavy atom. The zero-order valence-corrected chi connectivity index (χ0v) is 14.3. The van der Waals surface area contributed by atoms with E-state index in [0.29, 0.717) is 5.92 Å². The molecule has 4 heteroatoms. The molecule has 22 heavy (non-hydrogen) atoms. The van der Waals surface area contributed by atoms with Gasteiger partial charge in [-0.25, -0.2) is 4.98 Å². The first kappa shape index (κ1) is 15.7. The van der Waals surface area contributed by atoms with E-state index in [1.165, 1.54) is 50.5 Å². The number of hydrogen-bond acceptors (Lipinski definition) is 2. The van der Waals surface area contributed by atoms with Crippen molar-refractivity contribution in [3.63, 3.8) is 0 Å². The van der Waals surface area contributed by atoms with Crippen LogP contribution in [-0.2, 0) is 0 Å². The summed E-state index contributed by atoms with van der Waals surface area (Å²) in [6, 6.07) is 1.93. The molecule has 2 heterocycles. The largest absolute Gasteiger partial charge is 0.482 e. The number of ether oxygens (including phenoxy) is 1. The number of nitrogens with zero attached hydrogens (tertiary/aromatic N) is 2. The maximum absolute atomic E-state index is 6.62. The van der Waals surface area contributed by atoms with Crippen LogP contribution in [0.15, 0.2) is 18.6 Å². The third kappa shape index (κ3) is 3.10. The Morgan fingerprint density at radius 3 is 2.73 bits per heavy atom. The third-order valence-corrected chi connectivity index (χ3v) is 5.34. The summed E-state index contributed by atoms with van der Waals surface area (Å²) in [6.45, 7) is 2.38. The lowest BCUT2D eigenvalue weighted by Gasteiger charge is -2.20. The number of methoxy groups -OCH3 is 1. The summed E-state index contributed by atoms with van der Waals surface area (Å²) in [6.07, 6.45) is 12.8. The Balaban J connectivity index is 1.97. The monoisotopic (exact) mass is 320 g/mol. The fourth-order valence-electron chi connectivity index (χ4n) is 3.78. The van der Waals surface area contributed by atoms with Gasteiger partial charge in [0, 0.05) is 6.07 Å². The second-order valence-corrected chi connectivity index (χ2v) is 7.02. The average Bonchev–Trinajstić information content (AvgIpc) is 3.00. The molecule has 120 valence electrons. The Hall–Kier alpha value is -1.22. The molecular weight excluding hydrogens is 296 g/mol. The zero-order valence-electron chi connectivity index (χ0n) is 13.5. The van der Waals surface area contributed by atoms with Gasteiger partial charge < -0.3 is 4.74 Å². The predicted octanol–water partition coefficient (Wildman–Crippen LogP) is 5.46. The number of aromatic nitrogens is 2. The van der Waals surface area contributed by atoms with Crippen LogP contribution in [-0.4, -0.2) is 16.5 Å². The van der Waals surface area contributed by atoms with Crippen LogP contribution in [0.5, 0.6) is 5.88 Å². The minimum absolute atomic E-state index is 0.530. The van der Waals surface area contributed by atoms with E-state index >= 15 is 0 Å². The van der Waals surface area contributed by atoms with Gasteiger partial charge in [0.05, 0.1) is 23.8 Å². The van der Waals surface area contributed by atoms with E-state index in [4.69, 9.17) is 16.3 Å². The Morgan fingerprint density at radius 1 is 1.18 bits per heavy atom. The highest BCUT2D eigenvalue weighted by atomic mass is 35.5. The summed E-state index contributed by atoms with van der Waals surface area (Å²) in [5.74, 6) is 2.14. The quantitative estimate of drug-likeness (QED) is 0.734. The molecule has 2 unspecified atom stereocenters. The van der Waals surface area contributed by atoms with E-state index in [1.807, 2.05) is 23.0 Å². The van der Waals surface area contributed by atoms with Crippen molar-refractivity contribution in [2.75, 3.05) is 7.11 Å². The van der Waals surface area contributed by atoms with Crippen molar-refractivity contribution in [1.82, 2.24) is 9.38 Å². The molecule has 0 radical (unpaired) electrons. The lowest BCUT2D eigenvalue weighted by Crippen LogP contribution is -2.04. The van der Waals surface area contributed by atoms with Crippen LogP contribution in [0.2, 0.25) is 5.02 Å². The van der Waals surface area contributed by atoms with Gasteiger partial charge in [-0.15, -0.1) is 0 Å². The van der Waals surface area contributed by atoms with Crippen LogP contribution >= 0.6 is 11.6 Å². The molecule has 1 aliphatic rings. The highest BCUT2D eigenvalue weighted by Gasteiger charge is 2.21. The molecule has 1 saturated carbocycles. The van der Waals surface area contributed by atoms with Crippen molar-refractivity contribution < 1.29 is 4.74 Å². The molecule has 1 aliphatic carbocycles. The molecule has 3 nitrogen and oxygen atoms in total. The number of pyridine rings is 1. The van der Waals surface area contributed by atoms with E-state index in [-0.39, 0.29) is 0 Å². The minimum atomic E-state index is 0.530. The summed E-state index contributed by atoms with van der Waals surface area (Å²) in [5, 5.41) is 0.821. The molecule has 2 aromatic rings. The van der Waals surface area contributed by atoms with Crippen molar-refractivity contribution in [3.8, 4) is 5.88 Å². The molecule has 0 N–H and O–H groups in total.